The van der Waals surface area contributed by atoms with Crippen molar-refractivity contribution in [3.8, 4) is 0 Å². The first-order chi connectivity index (χ1) is 8.93. The van der Waals surface area contributed by atoms with Crippen LogP contribution in [0.2, 0.25) is 0 Å². The fraction of sp³-hybridized carbons (Fsp3) is 1.00. The predicted molar refractivity (Wildman–Crippen MR) is 82.0 cm³/mol. The van der Waals surface area contributed by atoms with Gasteiger partial charge in [0.1, 0.15) is 0 Å². The highest BCUT2D eigenvalue weighted by Crippen LogP contribution is 2.47. The molecule has 0 radical (unpaired) electrons. The third-order valence-electron chi connectivity index (χ3n) is 6.13. The minimum atomic E-state index is -0.0178. The van der Waals surface area contributed by atoms with Crippen LogP contribution < -0.4 is 0 Å². The standard InChI is InChI=1S/C18H34O/c1-5-13-8-6-7-9-15(13)16-12-14(18(2,3)4)10-11-17(16)19/h13-17,19H,5-12H2,1-4H3. The summed E-state index contributed by atoms with van der Waals surface area (Å²) in [5.74, 6) is 3.08. The molecule has 1 heteroatoms. The summed E-state index contributed by atoms with van der Waals surface area (Å²) in [6.45, 7) is 9.49. The maximum atomic E-state index is 10.5. The van der Waals surface area contributed by atoms with Crippen molar-refractivity contribution < 1.29 is 5.11 Å². The summed E-state index contributed by atoms with van der Waals surface area (Å²) >= 11 is 0. The van der Waals surface area contributed by atoms with Crippen molar-refractivity contribution in [3.63, 3.8) is 0 Å². The van der Waals surface area contributed by atoms with Gasteiger partial charge in [-0.05, 0) is 54.8 Å². The quantitative estimate of drug-likeness (QED) is 0.743. The fourth-order valence-electron chi connectivity index (χ4n) is 4.74. The number of hydrogen-bond donors (Lipinski definition) is 1. The summed E-state index contributed by atoms with van der Waals surface area (Å²) in [5, 5.41) is 10.5. The lowest BCUT2D eigenvalue weighted by Crippen LogP contribution is -2.41. The van der Waals surface area contributed by atoms with Gasteiger partial charge in [0.05, 0.1) is 6.10 Å². The van der Waals surface area contributed by atoms with Crippen molar-refractivity contribution in [2.75, 3.05) is 0 Å². The summed E-state index contributed by atoms with van der Waals surface area (Å²) in [7, 11) is 0. The second kappa shape index (κ2) is 6.16. The van der Waals surface area contributed by atoms with E-state index >= 15 is 0 Å². The van der Waals surface area contributed by atoms with Gasteiger partial charge in [0.25, 0.3) is 0 Å². The first-order valence-corrected chi connectivity index (χ1v) is 8.61. The van der Waals surface area contributed by atoms with E-state index in [2.05, 4.69) is 27.7 Å². The van der Waals surface area contributed by atoms with Crippen molar-refractivity contribution in [3.05, 3.63) is 0 Å². The van der Waals surface area contributed by atoms with E-state index in [-0.39, 0.29) is 6.10 Å². The zero-order valence-corrected chi connectivity index (χ0v) is 13.5. The van der Waals surface area contributed by atoms with E-state index < -0.39 is 0 Å². The fourth-order valence-corrected chi connectivity index (χ4v) is 4.74. The molecule has 0 aromatic heterocycles. The van der Waals surface area contributed by atoms with Crippen molar-refractivity contribution >= 4 is 0 Å². The first-order valence-electron chi connectivity index (χ1n) is 8.61. The van der Waals surface area contributed by atoms with Gasteiger partial charge in [-0.1, -0.05) is 53.4 Å². The lowest BCUT2D eigenvalue weighted by molar-refractivity contribution is -0.0314. The van der Waals surface area contributed by atoms with Gasteiger partial charge in [0.2, 0.25) is 0 Å². The Morgan fingerprint density at radius 3 is 2.26 bits per heavy atom. The van der Waals surface area contributed by atoms with Crippen LogP contribution in [0.4, 0.5) is 0 Å². The van der Waals surface area contributed by atoms with E-state index in [1.807, 2.05) is 0 Å². The van der Waals surface area contributed by atoms with Crippen molar-refractivity contribution in [2.45, 2.75) is 85.2 Å². The van der Waals surface area contributed by atoms with Gasteiger partial charge in [-0.25, -0.2) is 0 Å². The smallest absolute Gasteiger partial charge is 0.0571 e. The van der Waals surface area contributed by atoms with Gasteiger partial charge < -0.3 is 5.11 Å². The lowest BCUT2D eigenvalue weighted by atomic mass is 9.61. The van der Waals surface area contributed by atoms with Gasteiger partial charge in [0.15, 0.2) is 0 Å². The third-order valence-corrected chi connectivity index (χ3v) is 6.13. The van der Waals surface area contributed by atoms with Gasteiger partial charge >= 0.3 is 0 Å². The van der Waals surface area contributed by atoms with E-state index in [0.29, 0.717) is 11.3 Å². The number of aliphatic hydroxyl groups excluding tert-OH is 1. The molecular formula is C18H34O. The number of hydrogen-bond acceptors (Lipinski definition) is 1. The van der Waals surface area contributed by atoms with Crippen LogP contribution in [-0.2, 0) is 0 Å². The molecule has 0 aliphatic heterocycles. The second-order valence-corrected chi connectivity index (χ2v) is 8.22. The topological polar surface area (TPSA) is 20.2 Å². The zero-order chi connectivity index (χ0) is 14.0. The average Bonchev–Trinajstić information content (AvgIpc) is 2.38. The molecule has 0 saturated heterocycles. The summed E-state index contributed by atoms with van der Waals surface area (Å²) in [6.07, 6.45) is 10.4. The van der Waals surface area contributed by atoms with Gasteiger partial charge in [0, 0.05) is 0 Å². The summed E-state index contributed by atoms with van der Waals surface area (Å²) in [6, 6.07) is 0. The highest BCUT2D eigenvalue weighted by molar-refractivity contribution is 4.91. The molecule has 0 amide bonds. The largest absolute Gasteiger partial charge is 0.393 e. The molecule has 0 bridgehead atoms. The minimum Gasteiger partial charge on any atom is -0.393 e. The van der Waals surface area contributed by atoms with E-state index in [4.69, 9.17) is 0 Å². The van der Waals surface area contributed by atoms with Crippen LogP contribution in [0.5, 0.6) is 0 Å². The van der Waals surface area contributed by atoms with Crippen molar-refractivity contribution in [1.29, 1.82) is 0 Å². The van der Waals surface area contributed by atoms with Gasteiger partial charge in [-0.2, -0.15) is 0 Å². The van der Waals surface area contributed by atoms with Crippen LogP contribution in [0, 0.1) is 29.1 Å². The highest BCUT2D eigenvalue weighted by Gasteiger charge is 2.41. The Balaban J connectivity index is 2.07. The van der Waals surface area contributed by atoms with Crippen molar-refractivity contribution in [1.82, 2.24) is 0 Å². The molecule has 2 fully saturated rings. The molecule has 2 aliphatic rings. The Kier molecular flexibility index (Phi) is 4.98. The maximum absolute atomic E-state index is 10.5. The normalized spacial score (nSPS) is 41.2. The minimum absolute atomic E-state index is 0.0178. The number of aliphatic hydroxyl groups is 1. The molecule has 112 valence electrons. The SMILES string of the molecule is CCC1CCCCC1C1CC(C(C)(C)C)CCC1O. The van der Waals surface area contributed by atoms with Crippen LogP contribution in [0.25, 0.3) is 0 Å². The molecule has 2 aliphatic carbocycles. The molecule has 0 spiro atoms. The van der Waals surface area contributed by atoms with E-state index in [1.165, 1.54) is 44.9 Å². The molecule has 0 aromatic rings. The molecule has 2 rings (SSSR count). The van der Waals surface area contributed by atoms with Crippen LogP contribution in [0.15, 0.2) is 0 Å². The molecule has 5 atom stereocenters. The molecule has 1 N–H and O–H groups in total. The lowest BCUT2D eigenvalue weighted by Gasteiger charge is -2.46. The maximum Gasteiger partial charge on any atom is 0.0571 e. The monoisotopic (exact) mass is 266 g/mol. The molecule has 5 unspecified atom stereocenters. The highest BCUT2D eigenvalue weighted by atomic mass is 16.3. The summed E-state index contributed by atoms with van der Waals surface area (Å²) in [4.78, 5) is 0. The van der Waals surface area contributed by atoms with E-state index in [1.54, 1.807) is 0 Å². The van der Waals surface area contributed by atoms with Crippen LogP contribution in [0.3, 0.4) is 0 Å². The van der Waals surface area contributed by atoms with Crippen molar-refractivity contribution in [2.24, 2.45) is 29.1 Å². The molecule has 0 heterocycles. The van der Waals surface area contributed by atoms with Gasteiger partial charge in [-0.3, -0.25) is 0 Å². The summed E-state index contributed by atoms with van der Waals surface area (Å²) in [5.41, 5.74) is 0.411. The Hall–Kier alpha value is -0.0400. The van der Waals surface area contributed by atoms with E-state index in [0.717, 1.165) is 24.2 Å². The predicted octanol–water partition coefficient (Wildman–Crippen LogP) is 5.03. The molecule has 0 aromatic carbocycles. The molecule has 2 saturated carbocycles. The summed E-state index contributed by atoms with van der Waals surface area (Å²) < 4.78 is 0. The Labute approximate surface area is 120 Å². The molecule has 1 nitrogen and oxygen atoms in total. The Bertz CT molecular complexity index is 278. The molecular weight excluding hydrogens is 232 g/mol. The Morgan fingerprint density at radius 1 is 0.947 bits per heavy atom. The van der Waals surface area contributed by atoms with Crippen LogP contribution in [0.1, 0.15) is 79.1 Å². The zero-order valence-electron chi connectivity index (χ0n) is 13.5. The third kappa shape index (κ3) is 3.54. The Morgan fingerprint density at radius 2 is 1.63 bits per heavy atom. The second-order valence-electron chi connectivity index (χ2n) is 8.22. The van der Waals surface area contributed by atoms with Crippen LogP contribution >= 0.6 is 0 Å². The van der Waals surface area contributed by atoms with Gasteiger partial charge in [-0.15, -0.1) is 0 Å². The molecule has 19 heavy (non-hydrogen) atoms. The van der Waals surface area contributed by atoms with Crippen LogP contribution in [-0.4, -0.2) is 11.2 Å². The average molecular weight is 266 g/mol. The number of rotatable bonds is 2. The van der Waals surface area contributed by atoms with E-state index in [9.17, 15) is 5.11 Å². The first kappa shape index (κ1) is 15.4.